The third-order valence-corrected chi connectivity index (χ3v) is 10.2. The number of amides is 2. The molecule has 10 heteroatoms. The van der Waals surface area contributed by atoms with Crippen molar-refractivity contribution in [2.45, 2.75) is 55.6 Å². The van der Waals surface area contributed by atoms with Crippen LogP contribution >= 0.6 is 11.6 Å². The summed E-state index contributed by atoms with van der Waals surface area (Å²) in [5, 5.41) is 3.72. The highest BCUT2D eigenvalue weighted by Crippen LogP contribution is 2.28. The molecule has 240 valence electrons. The fourth-order valence-corrected chi connectivity index (χ4v) is 7.28. The molecular formula is C36H38ClN3O5S. The zero-order valence-corrected chi connectivity index (χ0v) is 27.3. The van der Waals surface area contributed by atoms with Crippen molar-refractivity contribution in [2.75, 3.05) is 18.0 Å². The van der Waals surface area contributed by atoms with Gasteiger partial charge in [0, 0.05) is 30.1 Å². The number of carbonyl (C=O) groups is 2. The van der Waals surface area contributed by atoms with E-state index in [1.54, 1.807) is 66.7 Å². The third-order valence-electron chi connectivity index (χ3n) is 8.19. The number of rotatable bonds is 13. The summed E-state index contributed by atoms with van der Waals surface area (Å²) in [6, 6.07) is 30.3. The number of nitrogens with zero attached hydrogens (tertiary/aromatic N) is 2. The van der Waals surface area contributed by atoms with Crippen molar-refractivity contribution in [3.05, 3.63) is 125 Å². The lowest BCUT2D eigenvalue weighted by Crippen LogP contribution is -2.54. The molecule has 0 radical (unpaired) electrons. The average Bonchev–Trinajstić information content (AvgIpc) is 3.59. The summed E-state index contributed by atoms with van der Waals surface area (Å²) in [5.74, 6) is -0.356. The summed E-state index contributed by atoms with van der Waals surface area (Å²) in [6.45, 7) is -0.469. The summed E-state index contributed by atoms with van der Waals surface area (Å²) in [4.78, 5) is 30.2. The summed E-state index contributed by atoms with van der Waals surface area (Å²) in [5.41, 5.74) is 1.89. The molecule has 8 nitrogen and oxygen atoms in total. The largest absolute Gasteiger partial charge is 0.497 e. The second kappa shape index (κ2) is 15.3. The molecule has 0 bridgehead atoms. The molecule has 5 rings (SSSR count). The molecular weight excluding hydrogens is 622 g/mol. The molecule has 1 saturated carbocycles. The summed E-state index contributed by atoms with van der Waals surface area (Å²) >= 11 is 6.17. The van der Waals surface area contributed by atoms with Gasteiger partial charge in [-0.15, -0.1) is 0 Å². The first-order valence-electron chi connectivity index (χ1n) is 15.3. The molecule has 1 fully saturated rings. The number of sulfonamides is 1. The van der Waals surface area contributed by atoms with Crippen molar-refractivity contribution in [3.8, 4) is 5.75 Å². The Labute approximate surface area is 276 Å². The lowest BCUT2D eigenvalue weighted by Gasteiger charge is -2.34. The Bertz CT molecular complexity index is 1710. The van der Waals surface area contributed by atoms with E-state index in [2.05, 4.69) is 5.32 Å². The van der Waals surface area contributed by atoms with Gasteiger partial charge in [-0.1, -0.05) is 91.2 Å². The number of hydrogen-bond acceptors (Lipinski definition) is 5. The van der Waals surface area contributed by atoms with Crippen LogP contribution in [0, 0.1) is 0 Å². The predicted octanol–water partition coefficient (Wildman–Crippen LogP) is 6.24. The highest BCUT2D eigenvalue weighted by Gasteiger charge is 2.35. The second-order valence-corrected chi connectivity index (χ2v) is 13.7. The van der Waals surface area contributed by atoms with E-state index in [4.69, 9.17) is 16.3 Å². The van der Waals surface area contributed by atoms with Crippen LogP contribution in [0.3, 0.4) is 0 Å². The number of nitrogens with one attached hydrogen (secondary N) is 1. The normalized spacial score (nSPS) is 14.0. The molecule has 0 aliphatic heterocycles. The molecule has 0 aromatic heterocycles. The van der Waals surface area contributed by atoms with Gasteiger partial charge in [0.2, 0.25) is 11.8 Å². The molecule has 0 spiro atoms. The standard InChI is InChI=1S/C36H38ClN3O5S/c1-45-32-16-10-15-31(24-32)40(46(43,44)33-17-6-3-7-18-33)26-35(41)39(25-28-19-21-29(37)22-20-28)34(23-27-11-4-2-5-12-27)36(42)38-30-13-8-9-14-30/h2-7,10-12,15-22,24,30,34H,8-9,13-14,23,25-26H2,1H3,(H,38,42)/t34-/m0/s1. The van der Waals surface area contributed by atoms with Gasteiger partial charge in [-0.05, 0) is 60.4 Å². The van der Waals surface area contributed by atoms with Crippen LogP contribution in [0.1, 0.15) is 36.8 Å². The van der Waals surface area contributed by atoms with E-state index in [-0.39, 0.29) is 35.5 Å². The first kappa shape index (κ1) is 33.0. The number of halogens is 1. The van der Waals surface area contributed by atoms with Gasteiger partial charge in [0.05, 0.1) is 17.7 Å². The van der Waals surface area contributed by atoms with Gasteiger partial charge < -0.3 is 15.0 Å². The highest BCUT2D eigenvalue weighted by atomic mass is 35.5. The summed E-state index contributed by atoms with van der Waals surface area (Å²) in [7, 11) is -2.71. The molecule has 4 aromatic rings. The lowest BCUT2D eigenvalue weighted by atomic mass is 10.0. The van der Waals surface area contributed by atoms with Crippen LogP contribution in [0.15, 0.2) is 114 Å². The van der Waals surface area contributed by atoms with E-state index in [0.717, 1.165) is 41.1 Å². The van der Waals surface area contributed by atoms with Crippen molar-refractivity contribution >= 4 is 39.1 Å². The van der Waals surface area contributed by atoms with E-state index in [9.17, 15) is 18.0 Å². The topological polar surface area (TPSA) is 96.0 Å². The Morgan fingerprint density at radius 3 is 2.17 bits per heavy atom. The number of ether oxygens (including phenoxy) is 1. The summed E-state index contributed by atoms with van der Waals surface area (Å²) in [6.07, 6.45) is 4.09. The highest BCUT2D eigenvalue weighted by molar-refractivity contribution is 7.92. The Balaban J connectivity index is 1.56. The van der Waals surface area contributed by atoms with Gasteiger partial charge in [-0.25, -0.2) is 8.42 Å². The summed E-state index contributed by atoms with van der Waals surface area (Å²) < 4.78 is 34.7. The number of methoxy groups -OCH3 is 1. The fraction of sp³-hybridized carbons (Fsp3) is 0.278. The Hall–Kier alpha value is -4.34. The van der Waals surface area contributed by atoms with Crippen LogP contribution in [0.4, 0.5) is 5.69 Å². The van der Waals surface area contributed by atoms with E-state index in [1.165, 1.54) is 24.1 Å². The molecule has 1 aliphatic carbocycles. The molecule has 1 atom stereocenters. The molecule has 0 heterocycles. The second-order valence-electron chi connectivity index (χ2n) is 11.4. The van der Waals surface area contributed by atoms with Crippen molar-refractivity contribution in [1.82, 2.24) is 10.2 Å². The van der Waals surface area contributed by atoms with E-state index >= 15 is 0 Å². The van der Waals surface area contributed by atoms with E-state index in [0.29, 0.717) is 10.8 Å². The Morgan fingerprint density at radius 1 is 0.870 bits per heavy atom. The van der Waals surface area contributed by atoms with Crippen molar-refractivity contribution in [1.29, 1.82) is 0 Å². The van der Waals surface area contributed by atoms with Crippen LogP contribution in [0.25, 0.3) is 0 Å². The third kappa shape index (κ3) is 8.27. The smallest absolute Gasteiger partial charge is 0.264 e. The molecule has 4 aromatic carbocycles. The maximum Gasteiger partial charge on any atom is 0.264 e. The van der Waals surface area contributed by atoms with Gasteiger partial charge in [0.1, 0.15) is 18.3 Å². The number of hydrogen-bond donors (Lipinski definition) is 1. The quantitative estimate of drug-likeness (QED) is 0.183. The lowest BCUT2D eigenvalue weighted by molar-refractivity contribution is -0.140. The Kier molecular flexibility index (Phi) is 11.0. The molecule has 2 amide bonds. The molecule has 0 unspecified atom stereocenters. The van der Waals surface area contributed by atoms with Crippen LogP contribution in [-0.2, 0) is 32.6 Å². The maximum absolute atomic E-state index is 14.6. The SMILES string of the molecule is COc1cccc(N(CC(=O)N(Cc2ccc(Cl)cc2)[C@@H](Cc2ccccc2)C(=O)NC2CCCC2)S(=O)(=O)c2ccccc2)c1. The van der Waals surface area contributed by atoms with Gasteiger partial charge in [0.15, 0.2) is 0 Å². The number of benzene rings is 4. The van der Waals surface area contributed by atoms with E-state index < -0.39 is 28.5 Å². The minimum absolute atomic E-state index is 0.0324. The van der Waals surface area contributed by atoms with Crippen molar-refractivity contribution < 1.29 is 22.7 Å². The molecule has 0 saturated heterocycles. The Morgan fingerprint density at radius 2 is 1.52 bits per heavy atom. The number of carbonyl (C=O) groups excluding carboxylic acids is 2. The molecule has 46 heavy (non-hydrogen) atoms. The first-order chi connectivity index (χ1) is 22.2. The van der Waals surface area contributed by atoms with Crippen LogP contribution in [0.2, 0.25) is 5.02 Å². The fourth-order valence-electron chi connectivity index (χ4n) is 5.72. The monoisotopic (exact) mass is 659 g/mol. The first-order valence-corrected chi connectivity index (χ1v) is 17.2. The van der Waals surface area contributed by atoms with Crippen molar-refractivity contribution in [2.24, 2.45) is 0 Å². The van der Waals surface area contributed by atoms with Crippen LogP contribution < -0.4 is 14.4 Å². The zero-order chi connectivity index (χ0) is 32.5. The minimum Gasteiger partial charge on any atom is -0.497 e. The van der Waals surface area contributed by atoms with Crippen molar-refractivity contribution in [3.63, 3.8) is 0 Å². The molecule has 1 N–H and O–H groups in total. The number of anilines is 1. The van der Waals surface area contributed by atoms with E-state index in [1.807, 2.05) is 30.3 Å². The van der Waals surface area contributed by atoms with Gasteiger partial charge in [0.25, 0.3) is 10.0 Å². The maximum atomic E-state index is 14.6. The van der Waals surface area contributed by atoms with Gasteiger partial charge in [-0.3, -0.25) is 13.9 Å². The minimum atomic E-state index is -4.20. The van der Waals surface area contributed by atoms with Gasteiger partial charge >= 0.3 is 0 Å². The predicted molar refractivity (Wildman–Crippen MR) is 180 cm³/mol. The average molecular weight is 660 g/mol. The van der Waals surface area contributed by atoms with Crippen LogP contribution in [-0.4, -0.2) is 50.9 Å². The van der Waals surface area contributed by atoms with Gasteiger partial charge in [-0.2, -0.15) is 0 Å². The van der Waals surface area contributed by atoms with Crippen LogP contribution in [0.5, 0.6) is 5.75 Å². The zero-order valence-electron chi connectivity index (χ0n) is 25.7. The molecule has 1 aliphatic rings.